The Morgan fingerprint density at radius 2 is 2.00 bits per heavy atom. The van der Waals surface area contributed by atoms with Crippen molar-refractivity contribution >= 4 is 16.0 Å². The highest BCUT2D eigenvalue weighted by Crippen LogP contribution is 2.17. The van der Waals surface area contributed by atoms with Crippen LogP contribution in [0.2, 0.25) is 0 Å². The lowest BCUT2D eigenvalue weighted by atomic mass is 10.1. The van der Waals surface area contributed by atoms with Gasteiger partial charge >= 0.3 is 5.97 Å². The van der Waals surface area contributed by atoms with Gasteiger partial charge in [0, 0.05) is 19.7 Å². The lowest BCUT2D eigenvalue weighted by Gasteiger charge is -2.30. The summed E-state index contributed by atoms with van der Waals surface area (Å²) in [5, 5.41) is 8.53. The maximum absolute atomic E-state index is 11.7. The van der Waals surface area contributed by atoms with Crippen LogP contribution in [0.5, 0.6) is 0 Å². The van der Waals surface area contributed by atoms with Crippen LogP contribution in [-0.4, -0.2) is 61.9 Å². The van der Waals surface area contributed by atoms with E-state index < -0.39 is 21.7 Å². The minimum absolute atomic E-state index is 0.0489. The van der Waals surface area contributed by atoms with Crippen LogP contribution in [0.3, 0.4) is 0 Å². The Kier molecular flexibility index (Phi) is 6.00. The second-order valence-corrected chi connectivity index (χ2v) is 6.23. The Morgan fingerprint density at radius 3 is 2.50 bits per heavy atom. The van der Waals surface area contributed by atoms with Crippen LogP contribution in [0.1, 0.15) is 19.3 Å². The topological polar surface area (TPSA) is 110 Å². The van der Waals surface area contributed by atoms with Crippen molar-refractivity contribution < 1.29 is 23.1 Å². The lowest BCUT2D eigenvalue weighted by Crippen LogP contribution is -2.43. The van der Waals surface area contributed by atoms with Gasteiger partial charge in [-0.05, 0) is 25.8 Å². The number of carboxylic acid groups (broad SMARTS) is 1. The van der Waals surface area contributed by atoms with Crippen LogP contribution >= 0.6 is 0 Å². The number of sulfonamides is 1. The average Bonchev–Trinajstić information content (AvgIpc) is 2.28. The zero-order valence-corrected chi connectivity index (χ0v) is 11.1. The summed E-state index contributed by atoms with van der Waals surface area (Å²) in [5.41, 5.74) is 5.35. The molecule has 1 rings (SSSR count). The maximum Gasteiger partial charge on any atom is 0.320 e. The predicted molar refractivity (Wildman–Crippen MR) is 65.6 cm³/mol. The average molecular weight is 280 g/mol. The number of hydrogen-bond donors (Lipinski definition) is 2. The Morgan fingerprint density at radius 1 is 1.39 bits per heavy atom. The number of carbonyl (C=O) groups is 1. The quantitative estimate of drug-likeness (QED) is 0.593. The van der Waals surface area contributed by atoms with Crippen molar-refractivity contribution in [3.63, 3.8) is 0 Å². The monoisotopic (exact) mass is 280 g/mol. The highest BCUT2D eigenvalue weighted by molar-refractivity contribution is 7.89. The van der Waals surface area contributed by atoms with E-state index >= 15 is 0 Å². The van der Waals surface area contributed by atoms with Gasteiger partial charge < -0.3 is 15.6 Å². The smallest absolute Gasteiger partial charge is 0.320 e. The fourth-order valence-electron chi connectivity index (χ4n) is 1.86. The largest absolute Gasteiger partial charge is 0.480 e. The number of nitrogens with two attached hydrogens (primary N) is 1. The molecule has 0 aromatic rings. The van der Waals surface area contributed by atoms with E-state index in [2.05, 4.69) is 0 Å². The minimum Gasteiger partial charge on any atom is -0.480 e. The first-order chi connectivity index (χ1) is 8.45. The normalized spacial score (nSPS) is 18.9. The SMILES string of the molecule is NCCCOC1CCN(S(=O)(=O)CC(=O)O)CC1. The van der Waals surface area contributed by atoms with Crippen LogP contribution in [0.4, 0.5) is 0 Å². The molecule has 1 fully saturated rings. The van der Waals surface area contributed by atoms with Crippen molar-refractivity contribution in [1.82, 2.24) is 4.31 Å². The molecule has 0 bridgehead atoms. The highest BCUT2D eigenvalue weighted by Gasteiger charge is 2.29. The number of rotatable bonds is 7. The molecule has 0 amide bonds. The molecule has 106 valence electrons. The second kappa shape index (κ2) is 7.03. The summed E-state index contributed by atoms with van der Waals surface area (Å²) in [6.07, 6.45) is 2.04. The number of nitrogens with zero attached hydrogens (tertiary/aromatic N) is 1. The van der Waals surface area contributed by atoms with E-state index in [-0.39, 0.29) is 6.10 Å². The second-order valence-electron chi connectivity index (χ2n) is 4.26. The molecule has 1 heterocycles. The third kappa shape index (κ3) is 4.89. The van der Waals surface area contributed by atoms with Crippen molar-refractivity contribution in [2.24, 2.45) is 5.73 Å². The summed E-state index contributed by atoms with van der Waals surface area (Å²) in [4.78, 5) is 10.5. The molecule has 0 aromatic carbocycles. The summed E-state index contributed by atoms with van der Waals surface area (Å²) in [6, 6.07) is 0. The van der Waals surface area contributed by atoms with Gasteiger partial charge in [0.1, 0.15) is 0 Å². The number of hydrogen-bond acceptors (Lipinski definition) is 5. The van der Waals surface area contributed by atoms with Gasteiger partial charge in [-0.15, -0.1) is 0 Å². The Labute approximate surface area is 107 Å². The molecule has 0 atom stereocenters. The van der Waals surface area contributed by atoms with Crippen LogP contribution in [0, 0.1) is 0 Å². The van der Waals surface area contributed by atoms with Gasteiger partial charge in [-0.3, -0.25) is 4.79 Å². The standard InChI is InChI=1S/C10H20N2O5S/c11-4-1-7-17-9-2-5-12(6-3-9)18(15,16)8-10(13)14/h9H,1-8,11H2,(H,13,14). The van der Waals surface area contributed by atoms with Gasteiger partial charge in [0.2, 0.25) is 10.0 Å². The van der Waals surface area contributed by atoms with Crippen molar-refractivity contribution in [2.75, 3.05) is 32.0 Å². The molecule has 1 aliphatic rings. The first-order valence-electron chi connectivity index (χ1n) is 5.97. The molecule has 8 heteroatoms. The highest BCUT2D eigenvalue weighted by atomic mass is 32.2. The summed E-state index contributed by atoms with van der Waals surface area (Å²) >= 11 is 0. The molecule has 18 heavy (non-hydrogen) atoms. The Bertz CT molecular complexity index is 362. The summed E-state index contributed by atoms with van der Waals surface area (Å²) in [7, 11) is -3.67. The number of aliphatic carboxylic acids is 1. The van der Waals surface area contributed by atoms with Gasteiger partial charge in [-0.1, -0.05) is 0 Å². The van der Waals surface area contributed by atoms with E-state index in [1.165, 1.54) is 4.31 Å². The molecule has 0 aliphatic carbocycles. The first kappa shape index (κ1) is 15.4. The Balaban J connectivity index is 2.37. The molecule has 0 spiro atoms. The van der Waals surface area contributed by atoms with Gasteiger partial charge in [0.25, 0.3) is 0 Å². The fraction of sp³-hybridized carbons (Fsp3) is 0.900. The number of ether oxygens (including phenoxy) is 1. The molecule has 0 aromatic heterocycles. The third-order valence-corrected chi connectivity index (χ3v) is 4.57. The van der Waals surface area contributed by atoms with Crippen LogP contribution in [0.25, 0.3) is 0 Å². The van der Waals surface area contributed by atoms with Crippen molar-refractivity contribution in [1.29, 1.82) is 0 Å². The predicted octanol–water partition coefficient (Wildman–Crippen LogP) is -0.769. The van der Waals surface area contributed by atoms with E-state index in [1.54, 1.807) is 0 Å². The van der Waals surface area contributed by atoms with Crippen LogP contribution in [0.15, 0.2) is 0 Å². The zero-order valence-electron chi connectivity index (χ0n) is 10.2. The molecular formula is C10H20N2O5S. The molecule has 7 nitrogen and oxygen atoms in total. The molecule has 3 N–H and O–H groups in total. The lowest BCUT2D eigenvalue weighted by molar-refractivity contribution is -0.134. The van der Waals surface area contributed by atoms with Crippen LogP contribution in [-0.2, 0) is 19.6 Å². The van der Waals surface area contributed by atoms with E-state index in [0.29, 0.717) is 39.1 Å². The molecule has 1 saturated heterocycles. The number of carboxylic acids is 1. The van der Waals surface area contributed by atoms with Crippen molar-refractivity contribution in [3.05, 3.63) is 0 Å². The minimum atomic E-state index is -3.67. The summed E-state index contributed by atoms with van der Waals surface area (Å²) in [5.74, 6) is -2.16. The first-order valence-corrected chi connectivity index (χ1v) is 7.58. The van der Waals surface area contributed by atoms with E-state index in [9.17, 15) is 13.2 Å². The van der Waals surface area contributed by atoms with Gasteiger partial charge in [-0.2, -0.15) is 0 Å². The zero-order chi connectivity index (χ0) is 13.6. The van der Waals surface area contributed by atoms with Gasteiger partial charge in [-0.25, -0.2) is 12.7 Å². The van der Waals surface area contributed by atoms with Gasteiger partial charge in [0.05, 0.1) is 6.10 Å². The molecule has 0 saturated carbocycles. The molecule has 0 unspecified atom stereocenters. The maximum atomic E-state index is 11.7. The van der Waals surface area contributed by atoms with E-state index in [4.69, 9.17) is 15.6 Å². The summed E-state index contributed by atoms with van der Waals surface area (Å²) in [6.45, 7) is 1.81. The van der Waals surface area contributed by atoms with Crippen molar-refractivity contribution in [3.8, 4) is 0 Å². The third-order valence-electron chi connectivity index (χ3n) is 2.80. The van der Waals surface area contributed by atoms with E-state index in [0.717, 1.165) is 6.42 Å². The summed E-state index contributed by atoms with van der Waals surface area (Å²) < 4.78 is 30.1. The molecule has 1 aliphatic heterocycles. The fourth-order valence-corrected chi connectivity index (χ4v) is 3.12. The van der Waals surface area contributed by atoms with Crippen LogP contribution < -0.4 is 5.73 Å². The van der Waals surface area contributed by atoms with Crippen molar-refractivity contribution in [2.45, 2.75) is 25.4 Å². The van der Waals surface area contributed by atoms with E-state index in [1.807, 2.05) is 0 Å². The number of piperidine rings is 1. The Hall–Kier alpha value is -0.700. The van der Waals surface area contributed by atoms with Gasteiger partial charge in [0.15, 0.2) is 5.75 Å². The molecular weight excluding hydrogens is 260 g/mol. The molecule has 0 radical (unpaired) electrons.